The van der Waals surface area contributed by atoms with Crippen LogP contribution in [0.4, 0.5) is 5.69 Å². The van der Waals surface area contributed by atoms with Crippen molar-refractivity contribution in [1.29, 1.82) is 0 Å². The average Bonchev–Trinajstić information content (AvgIpc) is 2.46. The fraction of sp³-hybridized carbons (Fsp3) is 0.0714. The third-order valence-corrected chi connectivity index (χ3v) is 3.03. The maximum atomic E-state index is 5.46. The summed E-state index contributed by atoms with van der Waals surface area (Å²) in [4.78, 5) is 4.39. The Hall–Kier alpha value is -1.85. The van der Waals surface area contributed by atoms with Gasteiger partial charge in [-0.05, 0) is 29.8 Å². The Labute approximate surface area is 120 Å². The van der Waals surface area contributed by atoms with Crippen LogP contribution in [0, 0.1) is 0 Å². The van der Waals surface area contributed by atoms with E-state index in [9.17, 15) is 0 Å². The van der Waals surface area contributed by atoms with Gasteiger partial charge in [0.2, 0.25) is 5.96 Å². The standard InChI is InChI=1S/C14H15BrN4/c15-12-8-6-11(7-9-12)10-17-14(19-16)18-13-4-2-1-3-5-13/h1-9H,10,16H2,(H2,17,18,19). The maximum absolute atomic E-state index is 5.46. The molecule has 0 unspecified atom stereocenters. The van der Waals surface area contributed by atoms with Gasteiger partial charge in [0.05, 0.1) is 6.54 Å². The lowest BCUT2D eigenvalue weighted by atomic mass is 10.2. The van der Waals surface area contributed by atoms with Crippen LogP contribution in [0.15, 0.2) is 64.1 Å². The molecule has 5 heteroatoms. The first-order valence-electron chi connectivity index (χ1n) is 5.85. The number of nitrogens with two attached hydrogens (primary N) is 1. The van der Waals surface area contributed by atoms with Crippen molar-refractivity contribution in [2.75, 3.05) is 5.32 Å². The molecule has 0 heterocycles. The minimum Gasteiger partial charge on any atom is -0.325 e. The number of anilines is 1. The molecule has 0 saturated carbocycles. The zero-order valence-corrected chi connectivity index (χ0v) is 11.9. The molecular formula is C14H15BrN4. The second-order valence-electron chi connectivity index (χ2n) is 3.93. The Morgan fingerprint density at radius 2 is 1.74 bits per heavy atom. The summed E-state index contributed by atoms with van der Waals surface area (Å²) in [6.07, 6.45) is 0. The van der Waals surface area contributed by atoms with Gasteiger partial charge in [0.25, 0.3) is 0 Å². The summed E-state index contributed by atoms with van der Waals surface area (Å²) in [6.45, 7) is 0.562. The summed E-state index contributed by atoms with van der Waals surface area (Å²) < 4.78 is 1.06. The van der Waals surface area contributed by atoms with E-state index >= 15 is 0 Å². The minimum absolute atomic E-state index is 0.536. The molecule has 2 aromatic carbocycles. The highest BCUT2D eigenvalue weighted by Crippen LogP contribution is 2.11. The van der Waals surface area contributed by atoms with Crippen LogP contribution in [0.5, 0.6) is 0 Å². The number of rotatable bonds is 3. The van der Waals surface area contributed by atoms with E-state index in [0.717, 1.165) is 15.7 Å². The smallest absolute Gasteiger partial charge is 0.210 e. The highest BCUT2D eigenvalue weighted by atomic mass is 79.9. The van der Waals surface area contributed by atoms with Crippen molar-refractivity contribution in [1.82, 2.24) is 5.43 Å². The summed E-state index contributed by atoms with van der Waals surface area (Å²) in [5.74, 6) is 5.99. The number of hydrazine groups is 1. The predicted molar refractivity (Wildman–Crippen MR) is 82.7 cm³/mol. The molecule has 0 saturated heterocycles. The number of nitrogens with one attached hydrogen (secondary N) is 2. The van der Waals surface area contributed by atoms with Crippen LogP contribution in [-0.2, 0) is 6.54 Å². The lowest BCUT2D eigenvalue weighted by molar-refractivity contribution is 0.968. The monoisotopic (exact) mass is 318 g/mol. The van der Waals surface area contributed by atoms with Gasteiger partial charge in [-0.1, -0.05) is 46.3 Å². The van der Waals surface area contributed by atoms with Gasteiger partial charge in [-0.15, -0.1) is 0 Å². The number of hydrogen-bond acceptors (Lipinski definition) is 2. The summed E-state index contributed by atoms with van der Waals surface area (Å²) in [5.41, 5.74) is 4.62. The largest absolute Gasteiger partial charge is 0.325 e. The van der Waals surface area contributed by atoms with E-state index in [2.05, 4.69) is 31.7 Å². The molecule has 0 atom stereocenters. The van der Waals surface area contributed by atoms with Crippen molar-refractivity contribution >= 4 is 27.6 Å². The Balaban J connectivity index is 2.01. The van der Waals surface area contributed by atoms with Gasteiger partial charge in [-0.3, -0.25) is 5.43 Å². The number of nitrogens with zero attached hydrogens (tertiary/aromatic N) is 1. The van der Waals surface area contributed by atoms with E-state index in [-0.39, 0.29) is 0 Å². The summed E-state index contributed by atoms with van der Waals surface area (Å²) >= 11 is 3.40. The van der Waals surface area contributed by atoms with Crippen LogP contribution in [-0.4, -0.2) is 5.96 Å². The Morgan fingerprint density at radius 1 is 1.05 bits per heavy atom. The lowest BCUT2D eigenvalue weighted by Crippen LogP contribution is -2.36. The van der Waals surface area contributed by atoms with Crippen molar-refractivity contribution in [3.8, 4) is 0 Å². The van der Waals surface area contributed by atoms with Gasteiger partial charge in [-0.25, -0.2) is 10.8 Å². The molecule has 0 aromatic heterocycles. The molecule has 0 aliphatic rings. The van der Waals surface area contributed by atoms with Crippen LogP contribution < -0.4 is 16.6 Å². The zero-order valence-electron chi connectivity index (χ0n) is 10.3. The van der Waals surface area contributed by atoms with Crippen molar-refractivity contribution in [2.24, 2.45) is 10.8 Å². The van der Waals surface area contributed by atoms with Crippen molar-refractivity contribution in [2.45, 2.75) is 6.54 Å². The highest BCUT2D eigenvalue weighted by molar-refractivity contribution is 9.10. The zero-order chi connectivity index (χ0) is 13.5. The summed E-state index contributed by atoms with van der Waals surface area (Å²) in [7, 11) is 0. The molecule has 0 fully saturated rings. The van der Waals surface area contributed by atoms with Gasteiger partial charge in [0.15, 0.2) is 0 Å². The SMILES string of the molecule is NNC(=NCc1ccc(Br)cc1)Nc1ccccc1. The summed E-state index contributed by atoms with van der Waals surface area (Å²) in [5, 5.41) is 3.11. The first kappa shape index (κ1) is 13.6. The molecule has 0 amide bonds. The second-order valence-corrected chi connectivity index (χ2v) is 4.84. The van der Waals surface area contributed by atoms with Crippen LogP contribution in [0.2, 0.25) is 0 Å². The molecule has 4 nitrogen and oxygen atoms in total. The quantitative estimate of drug-likeness (QED) is 0.353. The van der Waals surface area contributed by atoms with Crippen molar-refractivity contribution in [3.05, 3.63) is 64.6 Å². The summed E-state index contributed by atoms with van der Waals surface area (Å²) in [6, 6.07) is 17.8. The number of guanidine groups is 1. The molecule has 19 heavy (non-hydrogen) atoms. The number of halogens is 1. The van der Waals surface area contributed by atoms with E-state index in [1.54, 1.807) is 0 Å². The molecule has 2 aromatic rings. The number of aliphatic imine (C=N–C) groups is 1. The highest BCUT2D eigenvalue weighted by Gasteiger charge is 1.97. The molecule has 0 bridgehead atoms. The van der Waals surface area contributed by atoms with E-state index in [1.807, 2.05) is 54.6 Å². The van der Waals surface area contributed by atoms with Gasteiger partial charge in [0.1, 0.15) is 0 Å². The Kier molecular flexibility index (Phi) is 4.94. The first-order valence-corrected chi connectivity index (χ1v) is 6.65. The number of benzene rings is 2. The number of para-hydroxylation sites is 1. The normalized spacial score (nSPS) is 11.2. The third-order valence-electron chi connectivity index (χ3n) is 2.51. The maximum Gasteiger partial charge on any atom is 0.210 e. The first-order chi connectivity index (χ1) is 9.28. The number of hydrogen-bond donors (Lipinski definition) is 3. The predicted octanol–water partition coefficient (Wildman–Crippen LogP) is 2.88. The van der Waals surface area contributed by atoms with Crippen LogP contribution in [0.3, 0.4) is 0 Å². The molecule has 98 valence electrons. The minimum atomic E-state index is 0.536. The third kappa shape index (κ3) is 4.39. The molecule has 0 radical (unpaired) electrons. The fourth-order valence-corrected chi connectivity index (χ4v) is 1.80. The van der Waals surface area contributed by atoms with Gasteiger partial charge < -0.3 is 5.32 Å². The lowest BCUT2D eigenvalue weighted by Gasteiger charge is -2.09. The van der Waals surface area contributed by atoms with Gasteiger partial charge in [-0.2, -0.15) is 0 Å². The van der Waals surface area contributed by atoms with Gasteiger partial charge in [0, 0.05) is 10.2 Å². The van der Waals surface area contributed by atoms with Crippen LogP contribution >= 0.6 is 15.9 Å². The average molecular weight is 319 g/mol. The van der Waals surface area contributed by atoms with E-state index in [1.165, 1.54) is 0 Å². The topological polar surface area (TPSA) is 62.4 Å². The Morgan fingerprint density at radius 3 is 2.37 bits per heavy atom. The van der Waals surface area contributed by atoms with Crippen LogP contribution in [0.25, 0.3) is 0 Å². The molecular weight excluding hydrogens is 304 g/mol. The van der Waals surface area contributed by atoms with E-state index < -0.39 is 0 Å². The van der Waals surface area contributed by atoms with Crippen molar-refractivity contribution in [3.63, 3.8) is 0 Å². The second kappa shape index (κ2) is 6.92. The van der Waals surface area contributed by atoms with Crippen LogP contribution in [0.1, 0.15) is 5.56 Å². The Bertz CT molecular complexity index is 537. The van der Waals surface area contributed by atoms with Crippen molar-refractivity contribution < 1.29 is 0 Å². The molecule has 0 spiro atoms. The molecule has 4 N–H and O–H groups in total. The van der Waals surface area contributed by atoms with E-state index in [4.69, 9.17) is 5.84 Å². The molecule has 0 aliphatic heterocycles. The fourth-order valence-electron chi connectivity index (χ4n) is 1.54. The molecule has 2 rings (SSSR count). The van der Waals surface area contributed by atoms with E-state index in [0.29, 0.717) is 12.5 Å². The molecule has 0 aliphatic carbocycles. The van der Waals surface area contributed by atoms with Gasteiger partial charge >= 0.3 is 0 Å².